The molecule has 0 aliphatic carbocycles. The molecule has 0 aliphatic rings. The zero-order valence-electron chi connectivity index (χ0n) is 19.4. The van der Waals surface area contributed by atoms with E-state index in [1.165, 1.54) is 64.0 Å². The molecular weight excluding hydrogens is 456 g/mol. The quantitative estimate of drug-likeness (QED) is 0.226. The number of fused-ring (bicyclic) bond motifs is 9. The predicted molar refractivity (Wildman–Crippen MR) is 155 cm³/mol. The topological polar surface area (TPSA) is 13.1 Å². The van der Waals surface area contributed by atoms with Crippen molar-refractivity contribution in [3.63, 3.8) is 0 Å². The first-order valence-corrected chi connectivity index (χ1v) is 13.0. The van der Waals surface area contributed by atoms with Crippen LogP contribution in [0, 0.1) is 0 Å². The smallest absolute Gasteiger partial charge is 0.135 e. The van der Waals surface area contributed by atoms with Crippen molar-refractivity contribution >= 4 is 65.6 Å². The van der Waals surface area contributed by atoms with Gasteiger partial charge in [0.15, 0.2) is 0 Å². The Morgan fingerprint density at radius 3 is 1.50 bits per heavy atom. The van der Waals surface area contributed by atoms with Gasteiger partial charge in [-0.05, 0) is 85.9 Å². The molecule has 0 amide bonds. The lowest BCUT2D eigenvalue weighted by molar-refractivity contribution is 0.669. The van der Waals surface area contributed by atoms with Crippen molar-refractivity contribution in [1.82, 2.24) is 0 Å². The Balaban J connectivity index is 1.29. The largest absolute Gasteiger partial charge is 0.456 e. The molecular formula is C34H20OS. The molecule has 0 aliphatic heterocycles. The van der Waals surface area contributed by atoms with E-state index in [0.29, 0.717) is 0 Å². The highest BCUT2D eigenvalue weighted by molar-refractivity contribution is 7.18. The molecule has 0 unspecified atom stereocenters. The number of furan rings is 1. The summed E-state index contributed by atoms with van der Waals surface area (Å²) < 4.78 is 6.03. The summed E-state index contributed by atoms with van der Waals surface area (Å²) in [6.07, 6.45) is 0. The van der Waals surface area contributed by atoms with Crippen molar-refractivity contribution < 1.29 is 4.42 Å². The SMILES string of the molecule is c1ccc2c(c1)oc1ccc(-c3ccc(-c4ccc5c6ccccc6c6ccccc6c5c4)s3)cc12. The van der Waals surface area contributed by atoms with Gasteiger partial charge in [0.25, 0.3) is 0 Å². The zero-order valence-corrected chi connectivity index (χ0v) is 20.2. The van der Waals surface area contributed by atoms with E-state index in [4.69, 9.17) is 4.42 Å². The highest BCUT2D eigenvalue weighted by atomic mass is 32.1. The fraction of sp³-hybridized carbons (Fsp3) is 0. The normalized spacial score (nSPS) is 11.9. The van der Waals surface area contributed by atoms with Gasteiger partial charge in [-0.3, -0.25) is 0 Å². The number of rotatable bonds is 2. The van der Waals surface area contributed by atoms with Crippen molar-refractivity contribution in [2.24, 2.45) is 0 Å². The molecule has 0 N–H and O–H groups in total. The molecule has 2 heterocycles. The van der Waals surface area contributed by atoms with Crippen LogP contribution < -0.4 is 0 Å². The van der Waals surface area contributed by atoms with Gasteiger partial charge in [0.1, 0.15) is 11.2 Å². The summed E-state index contributed by atoms with van der Waals surface area (Å²) in [7, 11) is 0. The van der Waals surface area contributed by atoms with Gasteiger partial charge < -0.3 is 4.42 Å². The molecule has 1 nitrogen and oxygen atoms in total. The van der Waals surface area contributed by atoms with Crippen LogP contribution in [0.1, 0.15) is 0 Å². The number of hydrogen-bond donors (Lipinski definition) is 0. The third-order valence-electron chi connectivity index (χ3n) is 7.30. The molecule has 0 fully saturated rings. The average molecular weight is 477 g/mol. The third kappa shape index (κ3) is 2.89. The maximum Gasteiger partial charge on any atom is 0.135 e. The van der Waals surface area contributed by atoms with Crippen LogP contribution in [0.15, 0.2) is 126 Å². The highest BCUT2D eigenvalue weighted by Crippen LogP contribution is 2.41. The average Bonchev–Trinajstić information content (AvgIpc) is 3.58. The van der Waals surface area contributed by atoms with E-state index in [-0.39, 0.29) is 0 Å². The van der Waals surface area contributed by atoms with Crippen molar-refractivity contribution in [3.8, 4) is 20.9 Å². The first-order chi connectivity index (χ1) is 17.8. The Morgan fingerprint density at radius 1 is 0.361 bits per heavy atom. The number of para-hydroxylation sites is 1. The monoisotopic (exact) mass is 476 g/mol. The first-order valence-electron chi connectivity index (χ1n) is 12.2. The molecule has 0 bridgehead atoms. The molecule has 0 atom stereocenters. The van der Waals surface area contributed by atoms with E-state index in [1.54, 1.807) is 0 Å². The molecule has 0 spiro atoms. The van der Waals surface area contributed by atoms with Crippen LogP contribution in [0.25, 0.3) is 75.1 Å². The van der Waals surface area contributed by atoms with Gasteiger partial charge in [-0.1, -0.05) is 78.9 Å². The fourth-order valence-electron chi connectivity index (χ4n) is 5.59. The molecule has 8 aromatic rings. The highest BCUT2D eigenvalue weighted by Gasteiger charge is 2.12. The van der Waals surface area contributed by atoms with Crippen LogP contribution in [0.5, 0.6) is 0 Å². The van der Waals surface area contributed by atoms with Crippen molar-refractivity contribution in [3.05, 3.63) is 121 Å². The molecule has 2 heteroatoms. The van der Waals surface area contributed by atoms with Gasteiger partial charge in [0, 0.05) is 20.5 Å². The first kappa shape index (κ1) is 19.9. The van der Waals surface area contributed by atoms with Crippen LogP contribution in [-0.2, 0) is 0 Å². The third-order valence-corrected chi connectivity index (χ3v) is 8.48. The maximum absolute atomic E-state index is 6.03. The van der Waals surface area contributed by atoms with Crippen LogP contribution in [-0.4, -0.2) is 0 Å². The van der Waals surface area contributed by atoms with Crippen LogP contribution in [0.3, 0.4) is 0 Å². The molecule has 168 valence electrons. The van der Waals surface area contributed by atoms with E-state index in [0.717, 1.165) is 11.2 Å². The van der Waals surface area contributed by atoms with Gasteiger partial charge in [-0.15, -0.1) is 11.3 Å². The van der Waals surface area contributed by atoms with Gasteiger partial charge in [0.2, 0.25) is 0 Å². The predicted octanol–water partition coefficient (Wildman–Crippen LogP) is 10.4. The van der Waals surface area contributed by atoms with Gasteiger partial charge in [-0.25, -0.2) is 0 Å². The van der Waals surface area contributed by atoms with E-state index in [1.807, 2.05) is 23.5 Å². The number of hydrogen-bond acceptors (Lipinski definition) is 2. The fourth-order valence-corrected chi connectivity index (χ4v) is 6.59. The van der Waals surface area contributed by atoms with Gasteiger partial charge in [-0.2, -0.15) is 0 Å². The molecule has 0 saturated carbocycles. The van der Waals surface area contributed by atoms with Crippen LogP contribution in [0.4, 0.5) is 0 Å². The summed E-state index contributed by atoms with van der Waals surface area (Å²) in [6.45, 7) is 0. The molecule has 6 aromatic carbocycles. The minimum Gasteiger partial charge on any atom is -0.456 e. The van der Waals surface area contributed by atoms with E-state index in [2.05, 4.69) is 109 Å². The Hall–Kier alpha value is -4.40. The zero-order chi connectivity index (χ0) is 23.6. The summed E-state index contributed by atoms with van der Waals surface area (Å²) in [5.41, 5.74) is 4.36. The Morgan fingerprint density at radius 2 is 0.833 bits per heavy atom. The molecule has 36 heavy (non-hydrogen) atoms. The minimum absolute atomic E-state index is 0.936. The van der Waals surface area contributed by atoms with Crippen molar-refractivity contribution in [2.45, 2.75) is 0 Å². The minimum atomic E-state index is 0.936. The summed E-state index contributed by atoms with van der Waals surface area (Å²) in [5.74, 6) is 0. The second-order valence-electron chi connectivity index (χ2n) is 9.32. The lowest BCUT2D eigenvalue weighted by Gasteiger charge is -2.11. The summed E-state index contributed by atoms with van der Waals surface area (Å²) >= 11 is 1.84. The maximum atomic E-state index is 6.03. The van der Waals surface area contributed by atoms with Gasteiger partial charge >= 0.3 is 0 Å². The standard InChI is InChI=1S/C34H20OS/c1-2-9-25-23(7-1)24-8-3-4-10-26(24)29-19-21(13-15-27(25)29)33-17-18-34(36-33)22-14-16-32-30(20-22)28-11-5-6-12-31(28)35-32/h1-20H. The Bertz CT molecular complexity index is 2070. The van der Waals surface area contributed by atoms with Crippen molar-refractivity contribution in [1.29, 1.82) is 0 Å². The number of thiophene rings is 1. The van der Waals surface area contributed by atoms with E-state index in [9.17, 15) is 0 Å². The molecule has 0 saturated heterocycles. The summed E-state index contributed by atoms with van der Waals surface area (Å²) in [4.78, 5) is 2.54. The van der Waals surface area contributed by atoms with Crippen LogP contribution >= 0.6 is 11.3 Å². The van der Waals surface area contributed by atoms with E-state index < -0.39 is 0 Å². The Kier molecular flexibility index (Phi) is 4.16. The molecule has 8 rings (SSSR count). The molecule has 2 aromatic heterocycles. The lowest BCUT2D eigenvalue weighted by Crippen LogP contribution is -1.83. The molecule has 0 radical (unpaired) electrons. The second kappa shape index (κ2) is 7.55. The lowest BCUT2D eigenvalue weighted by atomic mass is 9.93. The number of benzene rings is 6. The van der Waals surface area contributed by atoms with Gasteiger partial charge in [0.05, 0.1) is 0 Å². The van der Waals surface area contributed by atoms with E-state index >= 15 is 0 Å². The van der Waals surface area contributed by atoms with Crippen molar-refractivity contribution in [2.75, 3.05) is 0 Å². The van der Waals surface area contributed by atoms with Crippen LogP contribution in [0.2, 0.25) is 0 Å². The summed E-state index contributed by atoms with van der Waals surface area (Å²) in [6, 6.07) is 43.7. The second-order valence-corrected chi connectivity index (χ2v) is 10.4. The Labute approximate surface area is 211 Å². The summed E-state index contributed by atoms with van der Waals surface area (Å²) in [5, 5.41) is 10.2.